The van der Waals surface area contributed by atoms with Crippen LogP contribution in [0.25, 0.3) is 0 Å². The van der Waals surface area contributed by atoms with Gasteiger partial charge in [0, 0.05) is 11.4 Å². The quantitative estimate of drug-likeness (QED) is 0.855. The minimum atomic E-state index is -0.923. The van der Waals surface area contributed by atoms with Crippen LogP contribution in [0.4, 0.5) is 4.39 Å². The molecule has 0 aromatic heterocycles. The number of rotatable bonds is 5. The van der Waals surface area contributed by atoms with Crippen LogP contribution in [0.5, 0.6) is 0 Å². The predicted molar refractivity (Wildman–Crippen MR) is 84.8 cm³/mol. The second kappa shape index (κ2) is 7.74. The minimum absolute atomic E-state index is 0.223. The van der Waals surface area contributed by atoms with E-state index < -0.39 is 23.7 Å². The lowest BCUT2D eigenvalue weighted by atomic mass is 10.1. The zero-order valence-electron chi connectivity index (χ0n) is 12.4. The molecule has 1 amide bonds. The number of nitrogens with one attached hydrogen (secondary N) is 1. The highest BCUT2D eigenvalue weighted by atomic mass is 35.5. The van der Waals surface area contributed by atoms with E-state index in [0.717, 1.165) is 11.6 Å². The Morgan fingerprint density at radius 1 is 1.22 bits per heavy atom. The molecule has 0 bridgehead atoms. The molecule has 2 aromatic carbocycles. The number of hydrogen-bond donors (Lipinski definition) is 1. The van der Waals surface area contributed by atoms with E-state index in [-0.39, 0.29) is 17.0 Å². The lowest BCUT2D eigenvalue weighted by Crippen LogP contribution is -2.43. The van der Waals surface area contributed by atoms with Gasteiger partial charge in [0.25, 0.3) is 5.91 Å². The molecular weight excluding hydrogens is 321 g/mol. The number of carbonyl (C=O) groups excluding carboxylic acids is 2. The summed E-state index contributed by atoms with van der Waals surface area (Å²) in [5.74, 6) is -2.05. The van der Waals surface area contributed by atoms with E-state index in [2.05, 4.69) is 5.32 Å². The van der Waals surface area contributed by atoms with Gasteiger partial charge in [0.15, 0.2) is 0 Å². The molecule has 6 heteroatoms. The van der Waals surface area contributed by atoms with Gasteiger partial charge >= 0.3 is 5.97 Å². The van der Waals surface area contributed by atoms with Crippen LogP contribution in [0.2, 0.25) is 5.02 Å². The Morgan fingerprint density at radius 3 is 2.57 bits per heavy atom. The van der Waals surface area contributed by atoms with Gasteiger partial charge in [0.05, 0.1) is 12.7 Å². The van der Waals surface area contributed by atoms with Gasteiger partial charge in [-0.05, 0) is 23.8 Å². The fraction of sp³-hybridized carbons (Fsp3) is 0.176. The van der Waals surface area contributed by atoms with Crippen molar-refractivity contribution in [1.29, 1.82) is 0 Å². The Morgan fingerprint density at radius 2 is 1.91 bits per heavy atom. The van der Waals surface area contributed by atoms with E-state index >= 15 is 0 Å². The highest BCUT2D eigenvalue weighted by Gasteiger charge is 2.24. The summed E-state index contributed by atoms with van der Waals surface area (Å²) < 4.78 is 18.4. The maximum absolute atomic E-state index is 13.7. The van der Waals surface area contributed by atoms with Gasteiger partial charge in [-0.25, -0.2) is 9.18 Å². The lowest BCUT2D eigenvalue weighted by molar-refractivity contribution is -0.142. The molecule has 0 saturated carbocycles. The van der Waals surface area contributed by atoms with Crippen molar-refractivity contribution in [3.8, 4) is 0 Å². The SMILES string of the molecule is COC(=O)[C@H](Cc1ccccc1)NC(=O)c1cc(Cl)ccc1F. The number of esters is 1. The van der Waals surface area contributed by atoms with Crippen molar-refractivity contribution in [1.82, 2.24) is 5.32 Å². The van der Waals surface area contributed by atoms with E-state index in [1.807, 2.05) is 30.3 Å². The maximum atomic E-state index is 13.7. The first-order valence-corrected chi connectivity index (χ1v) is 7.26. The van der Waals surface area contributed by atoms with Gasteiger partial charge in [0.1, 0.15) is 11.9 Å². The molecule has 23 heavy (non-hydrogen) atoms. The molecule has 0 aliphatic rings. The number of hydrogen-bond acceptors (Lipinski definition) is 3. The molecule has 0 aliphatic carbocycles. The number of benzene rings is 2. The summed E-state index contributed by atoms with van der Waals surface area (Å²) in [6.45, 7) is 0. The maximum Gasteiger partial charge on any atom is 0.328 e. The molecule has 0 heterocycles. The average Bonchev–Trinajstić information content (AvgIpc) is 2.56. The van der Waals surface area contributed by atoms with Gasteiger partial charge in [-0.1, -0.05) is 41.9 Å². The fourth-order valence-corrected chi connectivity index (χ4v) is 2.26. The van der Waals surface area contributed by atoms with Crippen molar-refractivity contribution >= 4 is 23.5 Å². The van der Waals surface area contributed by atoms with Crippen LogP contribution in [0.3, 0.4) is 0 Å². The van der Waals surface area contributed by atoms with E-state index in [1.54, 1.807) is 0 Å². The zero-order valence-corrected chi connectivity index (χ0v) is 13.1. The second-order valence-electron chi connectivity index (χ2n) is 4.86. The van der Waals surface area contributed by atoms with Crippen LogP contribution < -0.4 is 5.32 Å². The van der Waals surface area contributed by atoms with E-state index in [1.165, 1.54) is 19.2 Å². The number of ether oxygens (including phenoxy) is 1. The van der Waals surface area contributed by atoms with E-state index in [9.17, 15) is 14.0 Å². The molecule has 1 N–H and O–H groups in total. The van der Waals surface area contributed by atoms with Gasteiger partial charge in [0.2, 0.25) is 0 Å². The molecule has 0 radical (unpaired) electrons. The summed E-state index contributed by atoms with van der Waals surface area (Å²) in [4.78, 5) is 24.1. The van der Waals surface area contributed by atoms with Crippen molar-refractivity contribution in [3.05, 3.63) is 70.5 Å². The number of carbonyl (C=O) groups is 2. The molecule has 0 saturated heterocycles. The molecule has 0 spiro atoms. The second-order valence-corrected chi connectivity index (χ2v) is 5.30. The Hall–Kier alpha value is -2.40. The Kier molecular flexibility index (Phi) is 5.71. The molecular formula is C17H15ClFNO3. The number of methoxy groups -OCH3 is 1. The summed E-state index contributed by atoms with van der Waals surface area (Å²) in [6, 6.07) is 11.9. The monoisotopic (exact) mass is 335 g/mol. The molecule has 0 fully saturated rings. The summed E-state index contributed by atoms with van der Waals surface area (Å²) >= 11 is 5.78. The van der Waals surface area contributed by atoms with Gasteiger partial charge < -0.3 is 10.1 Å². The van der Waals surface area contributed by atoms with Gasteiger partial charge in [-0.15, -0.1) is 0 Å². The minimum Gasteiger partial charge on any atom is -0.467 e. The number of halogens is 2. The smallest absolute Gasteiger partial charge is 0.328 e. The van der Waals surface area contributed by atoms with Crippen LogP contribution in [0.15, 0.2) is 48.5 Å². The highest BCUT2D eigenvalue weighted by molar-refractivity contribution is 6.31. The third-order valence-electron chi connectivity index (χ3n) is 3.25. The molecule has 2 aromatic rings. The van der Waals surface area contributed by atoms with Crippen LogP contribution in [0, 0.1) is 5.82 Å². The van der Waals surface area contributed by atoms with Crippen molar-refractivity contribution in [2.45, 2.75) is 12.5 Å². The predicted octanol–water partition coefficient (Wildman–Crippen LogP) is 2.99. The summed E-state index contributed by atoms with van der Waals surface area (Å²) in [7, 11) is 1.23. The largest absolute Gasteiger partial charge is 0.467 e. The van der Waals surface area contributed by atoms with Crippen LogP contribution >= 0.6 is 11.6 Å². The normalized spacial score (nSPS) is 11.6. The Balaban J connectivity index is 2.18. The summed E-state index contributed by atoms with van der Waals surface area (Å²) in [5.41, 5.74) is 0.620. The first-order valence-electron chi connectivity index (χ1n) is 6.89. The highest BCUT2D eigenvalue weighted by Crippen LogP contribution is 2.15. The molecule has 4 nitrogen and oxygen atoms in total. The topological polar surface area (TPSA) is 55.4 Å². The fourth-order valence-electron chi connectivity index (χ4n) is 2.09. The van der Waals surface area contributed by atoms with Gasteiger partial charge in [-0.2, -0.15) is 0 Å². The first kappa shape index (κ1) is 17.0. The first-order chi connectivity index (χ1) is 11.0. The van der Waals surface area contributed by atoms with E-state index in [4.69, 9.17) is 16.3 Å². The van der Waals surface area contributed by atoms with Crippen molar-refractivity contribution in [2.75, 3.05) is 7.11 Å². The molecule has 120 valence electrons. The van der Waals surface area contributed by atoms with E-state index in [0.29, 0.717) is 0 Å². The lowest BCUT2D eigenvalue weighted by Gasteiger charge is -2.17. The van der Waals surface area contributed by atoms with Crippen LogP contribution in [-0.4, -0.2) is 25.0 Å². The molecule has 1 atom stereocenters. The number of amides is 1. The third kappa shape index (κ3) is 4.53. The molecule has 2 rings (SSSR count). The van der Waals surface area contributed by atoms with Crippen LogP contribution in [0.1, 0.15) is 15.9 Å². The van der Waals surface area contributed by atoms with Crippen molar-refractivity contribution in [2.24, 2.45) is 0 Å². The summed E-state index contributed by atoms with van der Waals surface area (Å²) in [6.07, 6.45) is 0.238. The summed E-state index contributed by atoms with van der Waals surface area (Å²) in [5, 5.41) is 2.72. The Labute approximate surface area is 138 Å². The average molecular weight is 336 g/mol. The zero-order chi connectivity index (χ0) is 16.8. The standard InChI is InChI=1S/C17H15ClFNO3/c1-23-17(22)15(9-11-5-3-2-4-6-11)20-16(21)13-10-12(18)7-8-14(13)19/h2-8,10,15H,9H2,1H3,(H,20,21)/t15-/m0/s1. The molecule has 0 aliphatic heterocycles. The third-order valence-corrected chi connectivity index (χ3v) is 3.48. The van der Waals surface area contributed by atoms with Crippen molar-refractivity contribution in [3.63, 3.8) is 0 Å². The Bertz CT molecular complexity index is 706. The van der Waals surface area contributed by atoms with Crippen LogP contribution in [-0.2, 0) is 16.0 Å². The van der Waals surface area contributed by atoms with Gasteiger partial charge in [-0.3, -0.25) is 4.79 Å². The van der Waals surface area contributed by atoms with Crippen molar-refractivity contribution < 1.29 is 18.7 Å². The molecule has 0 unspecified atom stereocenters.